The molecule has 0 fully saturated rings. The van der Waals surface area contributed by atoms with E-state index in [0.29, 0.717) is 22.3 Å². The van der Waals surface area contributed by atoms with Gasteiger partial charge in [0.1, 0.15) is 23.7 Å². The number of rotatable bonds is 12. The SMILES string of the molecule is Cc1cn([C@H]2C=C[C@@H](COP(=O)(O)OCc3cccc(-c4cccc5c4OP(=O)(OC[C@@H]4C=C[C@H](n6cc(C)c(=O)[nH]c6=O)O4)OC5)c3O)O2)c(=O)[nH]c1=O. The minimum absolute atomic E-state index is 0.111. The zero-order valence-electron chi connectivity index (χ0n) is 29.1. The summed E-state index contributed by atoms with van der Waals surface area (Å²) in [6.45, 7) is 1.67. The van der Waals surface area contributed by atoms with Gasteiger partial charge in [0.2, 0.25) is 0 Å². The average molecular weight is 801 g/mol. The summed E-state index contributed by atoms with van der Waals surface area (Å²) in [6, 6.07) is 9.55. The molecule has 0 spiro atoms. The molecule has 3 aliphatic rings. The van der Waals surface area contributed by atoms with Gasteiger partial charge in [-0.2, -0.15) is 0 Å². The van der Waals surface area contributed by atoms with E-state index in [1.807, 2.05) is 0 Å². The lowest BCUT2D eigenvalue weighted by atomic mass is 9.98. The topological polar surface area (TPSA) is 249 Å². The van der Waals surface area contributed by atoms with E-state index in [1.165, 1.54) is 42.1 Å². The maximum Gasteiger partial charge on any atom is 0.530 e. The lowest BCUT2D eigenvalue weighted by molar-refractivity contribution is -0.0130. The van der Waals surface area contributed by atoms with Crippen LogP contribution in [0.25, 0.3) is 11.1 Å². The van der Waals surface area contributed by atoms with Crippen molar-refractivity contribution in [2.75, 3.05) is 13.2 Å². The molecule has 5 heterocycles. The summed E-state index contributed by atoms with van der Waals surface area (Å²) >= 11 is 0. The summed E-state index contributed by atoms with van der Waals surface area (Å²) in [4.78, 5) is 62.7. The molecule has 0 radical (unpaired) electrons. The number of aromatic nitrogens is 4. The molecule has 290 valence electrons. The molecule has 0 bridgehead atoms. The number of para-hydroxylation sites is 2. The second-order valence-corrected chi connectivity index (χ2v) is 15.7. The highest BCUT2D eigenvalue weighted by molar-refractivity contribution is 7.49. The van der Waals surface area contributed by atoms with Crippen molar-refractivity contribution in [1.82, 2.24) is 19.1 Å². The van der Waals surface area contributed by atoms with Crippen LogP contribution >= 0.6 is 15.6 Å². The van der Waals surface area contributed by atoms with Crippen LogP contribution < -0.4 is 27.0 Å². The molecule has 4 N–H and O–H groups in total. The lowest BCUT2D eigenvalue weighted by Crippen LogP contribution is -2.33. The first-order chi connectivity index (χ1) is 26.2. The zero-order valence-corrected chi connectivity index (χ0v) is 30.8. The van der Waals surface area contributed by atoms with Crippen molar-refractivity contribution < 1.29 is 51.2 Å². The van der Waals surface area contributed by atoms with Gasteiger partial charge in [0.05, 0.1) is 26.4 Å². The van der Waals surface area contributed by atoms with Gasteiger partial charge in [-0.15, -0.1) is 0 Å². The number of hydrogen-bond donors (Lipinski definition) is 4. The van der Waals surface area contributed by atoms with Crippen LogP contribution in [0.2, 0.25) is 0 Å². The molecule has 0 aliphatic carbocycles. The van der Waals surface area contributed by atoms with Crippen molar-refractivity contribution >= 4 is 15.6 Å². The largest absolute Gasteiger partial charge is 0.530 e. The van der Waals surface area contributed by atoms with Crippen molar-refractivity contribution in [1.29, 1.82) is 0 Å². The van der Waals surface area contributed by atoms with Gasteiger partial charge in [0.25, 0.3) is 11.1 Å². The number of nitrogens with one attached hydrogen (secondary N) is 2. The third kappa shape index (κ3) is 8.35. The maximum absolute atomic E-state index is 13.6. The summed E-state index contributed by atoms with van der Waals surface area (Å²) in [6.07, 6.45) is 5.65. The predicted octanol–water partition coefficient (Wildman–Crippen LogP) is 3.35. The zero-order chi connectivity index (χ0) is 39.1. The van der Waals surface area contributed by atoms with Crippen molar-refractivity contribution in [2.45, 2.75) is 51.7 Å². The Morgan fingerprint density at radius 2 is 1.42 bits per heavy atom. The van der Waals surface area contributed by atoms with E-state index in [9.17, 15) is 38.3 Å². The second-order valence-electron chi connectivity index (χ2n) is 12.6. The Kier molecular flexibility index (Phi) is 10.7. The second kappa shape index (κ2) is 15.3. The van der Waals surface area contributed by atoms with Crippen LogP contribution in [0, 0.1) is 13.8 Å². The van der Waals surface area contributed by atoms with E-state index in [4.69, 9.17) is 32.1 Å². The van der Waals surface area contributed by atoms with Crippen molar-refractivity contribution in [2.24, 2.45) is 0 Å². The number of H-pyrrole nitrogens is 2. The van der Waals surface area contributed by atoms with Crippen LogP contribution in [0.3, 0.4) is 0 Å². The number of aromatic hydroxyl groups is 1. The molecule has 0 saturated heterocycles. The highest BCUT2D eigenvalue weighted by atomic mass is 31.2. The first-order valence-electron chi connectivity index (χ1n) is 16.6. The van der Waals surface area contributed by atoms with E-state index in [0.717, 1.165) is 4.57 Å². The fourth-order valence-electron chi connectivity index (χ4n) is 5.85. The summed E-state index contributed by atoms with van der Waals surface area (Å²) in [5.41, 5.74) is -0.650. The number of aromatic amines is 2. The van der Waals surface area contributed by atoms with Gasteiger partial charge in [-0.05, 0) is 26.0 Å². The van der Waals surface area contributed by atoms with Gasteiger partial charge < -0.3 is 24.0 Å². The third-order valence-corrected chi connectivity index (χ3v) is 11.0. The summed E-state index contributed by atoms with van der Waals surface area (Å²) in [5.74, 6) is -0.212. The highest BCUT2D eigenvalue weighted by Crippen LogP contribution is 2.57. The molecule has 4 aromatic rings. The normalized spacial score (nSPS) is 24.1. The molecule has 55 heavy (non-hydrogen) atoms. The molecule has 0 amide bonds. The first kappa shape index (κ1) is 38.3. The summed E-state index contributed by atoms with van der Waals surface area (Å²) < 4.78 is 67.5. The average Bonchev–Trinajstić information content (AvgIpc) is 3.83. The third-order valence-electron chi connectivity index (χ3n) is 8.72. The molecule has 21 heteroatoms. The van der Waals surface area contributed by atoms with Gasteiger partial charge in [0, 0.05) is 45.8 Å². The molecule has 2 unspecified atom stereocenters. The summed E-state index contributed by atoms with van der Waals surface area (Å²) in [7, 11) is -8.93. The Morgan fingerprint density at radius 1 is 0.836 bits per heavy atom. The quantitative estimate of drug-likeness (QED) is 0.119. The van der Waals surface area contributed by atoms with Crippen LogP contribution in [-0.2, 0) is 49.9 Å². The highest BCUT2D eigenvalue weighted by Gasteiger charge is 2.38. The smallest absolute Gasteiger partial charge is 0.507 e. The lowest BCUT2D eigenvalue weighted by Gasteiger charge is -2.27. The Labute approximate surface area is 310 Å². The number of benzene rings is 2. The first-order valence-corrected chi connectivity index (χ1v) is 19.6. The van der Waals surface area contributed by atoms with E-state index < -0.39 is 76.0 Å². The fourth-order valence-corrected chi connectivity index (χ4v) is 7.81. The van der Waals surface area contributed by atoms with Crippen LogP contribution in [0.1, 0.15) is 34.7 Å². The number of hydrogen-bond acceptors (Lipinski definition) is 14. The maximum atomic E-state index is 13.6. The fraction of sp³-hybridized carbons (Fsp3) is 0.294. The molecular weight excluding hydrogens is 766 g/mol. The number of phenolic OH excluding ortho intramolecular Hbond substituents is 1. The van der Waals surface area contributed by atoms with Gasteiger partial charge in [0.15, 0.2) is 12.5 Å². The van der Waals surface area contributed by atoms with E-state index >= 15 is 0 Å². The summed E-state index contributed by atoms with van der Waals surface area (Å²) in [5, 5.41) is 11.3. The van der Waals surface area contributed by atoms with Crippen molar-refractivity contribution in [3.8, 4) is 22.6 Å². The molecular formula is C34H34N4O15P2. The number of ether oxygens (including phenoxy) is 2. The molecule has 3 aliphatic heterocycles. The molecule has 2 aromatic heterocycles. The Hall–Kier alpha value is -4.94. The predicted molar refractivity (Wildman–Crippen MR) is 191 cm³/mol. The molecule has 2 aromatic carbocycles. The monoisotopic (exact) mass is 800 g/mol. The number of aryl methyl sites for hydroxylation is 2. The Bertz CT molecular complexity index is 2540. The molecule has 7 rings (SSSR count). The van der Waals surface area contributed by atoms with Crippen LogP contribution in [-0.4, -0.2) is 54.5 Å². The van der Waals surface area contributed by atoms with E-state index in [1.54, 1.807) is 49.4 Å². The molecule has 19 nitrogen and oxygen atoms in total. The van der Waals surface area contributed by atoms with Crippen molar-refractivity contribution in [3.63, 3.8) is 0 Å². The van der Waals surface area contributed by atoms with Crippen LogP contribution in [0.5, 0.6) is 11.5 Å². The minimum atomic E-state index is -4.70. The standard InChI is InChI=1S/C34H34N4O15P2/c1-19-13-37(33(42)35-31(19)40)27-11-9-23(51-27)17-48-54(44,45)47-15-21-5-3-7-25(29(21)39)26-8-4-6-22-16-49-55(46,53-30(22)26)50-18-24-10-12-28(52-24)38-14-20(2)32(41)36-34(38)43/h3-14,23-24,27-28,39H,15-18H2,1-2H3,(H,44,45)(H,35,40,42)(H,36,41,43)/t23-,24-,27+,28+,55?/m0/s1. The number of phosphoric acid groups is 2. The van der Waals surface area contributed by atoms with Gasteiger partial charge in [-0.1, -0.05) is 48.6 Å². The number of phosphoric ester groups is 2. The Morgan fingerprint density at radius 3 is 2.05 bits per heavy atom. The number of fused-ring (bicyclic) bond motifs is 1. The number of nitrogens with zero attached hydrogens (tertiary/aromatic N) is 2. The number of phenols is 1. The van der Waals surface area contributed by atoms with Gasteiger partial charge in [-0.25, -0.2) is 18.7 Å². The van der Waals surface area contributed by atoms with Gasteiger partial charge in [-0.3, -0.25) is 46.8 Å². The van der Waals surface area contributed by atoms with Gasteiger partial charge >= 0.3 is 27.0 Å². The minimum Gasteiger partial charge on any atom is -0.507 e. The Balaban J connectivity index is 0.970. The van der Waals surface area contributed by atoms with E-state index in [2.05, 4.69) is 9.97 Å². The van der Waals surface area contributed by atoms with E-state index in [-0.39, 0.29) is 35.8 Å². The van der Waals surface area contributed by atoms with Crippen LogP contribution in [0.4, 0.5) is 0 Å². The molecule has 6 atom stereocenters. The van der Waals surface area contributed by atoms with Crippen molar-refractivity contribution in [3.05, 3.63) is 137 Å². The van der Waals surface area contributed by atoms with Crippen LogP contribution in [0.15, 0.2) is 92.3 Å². The molecule has 0 saturated carbocycles.